The van der Waals surface area contributed by atoms with Crippen LogP contribution in [0.4, 0.5) is 10.1 Å². The van der Waals surface area contributed by atoms with Crippen molar-refractivity contribution in [1.82, 2.24) is 0 Å². The van der Waals surface area contributed by atoms with Crippen molar-refractivity contribution in [1.29, 1.82) is 0 Å². The first-order valence-corrected chi connectivity index (χ1v) is 5.84. The van der Waals surface area contributed by atoms with Gasteiger partial charge in [-0.15, -0.1) is 0 Å². The summed E-state index contributed by atoms with van der Waals surface area (Å²) in [7, 11) is 1.87. The highest BCUT2D eigenvalue weighted by Gasteiger charge is 2.01. The largest absolute Gasteiger partial charge is 0.489 e. The summed E-state index contributed by atoms with van der Waals surface area (Å²) in [6.45, 7) is 2.33. The Morgan fingerprint density at radius 3 is 2.44 bits per heavy atom. The maximum absolute atomic E-state index is 12.9. The fraction of sp³-hybridized carbons (Fsp3) is 0.200. The Labute approximate surface area is 106 Å². The van der Waals surface area contributed by atoms with E-state index < -0.39 is 0 Å². The molecule has 1 N–H and O–H groups in total. The highest BCUT2D eigenvalue weighted by Crippen LogP contribution is 2.18. The summed E-state index contributed by atoms with van der Waals surface area (Å²) >= 11 is 0. The summed E-state index contributed by atoms with van der Waals surface area (Å²) < 4.78 is 18.6. The molecule has 0 fully saturated rings. The average Bonchev–Trinajstić information content (AvgIpc) is 2.38. The van der Waals surface area contributed by atoms with Gasteiger partial charge in [0, 0.05) is 12.7 Å². The Morgan fingerprint density at radius 2 is 1.83 bits per heavy atom. The molecule has 2 aromatic rings. The summed E-state index contributed by atoms with van der Waals surface area (Å²) in [5.74, 6) is 0.590. The zero-order valence-corrected chi connectivity index (χ0v) is 10.5. The Balaban J connectivity index is 2.02. The van der Waals surface area contributed by atoms with Crippen LogP contribution in [0.15, 0.2) is 42.5 Å². The molecule has 0 heterocycles. The molecule has 0 aliphatic carbocycles. The SMILES string of the molecule is CNc1ccc(OCc2ccc(F)cc2C)cc1. The van der Waals surface area contributed by atoms with E-state index >= 15 is 0 Å². The number of hydrogen-bond acceptors (Lipinski definition) is 2. The van der Waals surface area contributed by atoms with E-state index in [-0.39, 0.29) is 5.82 Å². The number of ether oxygens (including phenoxy) is 1. The smallest absolute Gasteiger partial charge is 0.123 e. The summed E-state index contributed by atoms with van der Waals surface area (Å²) in [4.78, 5) is 0. The van der Waals surface area contributed by atoms with Crippen molar-refractivity contribution in [3.05, 3.63) is 59.4 Å². The van der Waals surface area contributed by atoms with Crippen molar-refractivity contribution in [2.45, 2.75) is 13.5 Å². The zero-order valence-electron chi connectivity index (χ0n) is 10.5. The molecule has 0 spiro atoms. The molecular formula is C15H16FNO. The van der Waals surface area contributed by atoms with Crippen LogP contribution in [-0.4, -0.2) is 7.05 Å². The zero-order chi connectivity index (χ0) is 13.0. The van der Waals surface area contributed by atoms with E-state index in [0.717, 1.165) is 22.6 Å². The number of aryl methyl sites for hydroxylation is 1. The molecular weight excluding hydrogens is 229 g/mol. The minimum absolute atomic E-state index is 0.213. The molecule has 94 valence electrons. The topological polar surface area (TPSA) is 21.3 Å². The Kier molecular flexibility index (Phi) is 3.82. The van der Waals surface area contributed by atoms with Crippen LogP contribution in [-0.2, 0) is 6.61 Å². The lowest BCUT2D eigenvalue weighted by atomic mass is 10.1. The standard InChI is InChI=1S/C15H16FNO/c1-11-9-13(16)4-3-12(11)10-18-15-7-5-14(17-2)6-8-15/h3-9,17H,10H2,1-2H3. The molecule has 0 aromatic heterocycles. The maximum Gasteiger partial charge on any atom is 0.123 e. The lowest BCUT2D eigenvalue weighted by Crippen LogP contribution is -1.98. The molecule has 0 aliphatic rings. The van der Waals surface area contributed by atoms with Crippen LogP contribution in [0.5, 0.6) is 5.75 Å². The molecule has 0 aliphatic heterocycles. The number of nitrogens with one attached hydrogen (secondary N) is 1. The quantitative estimate of drug-likeness (QED) is 0.885. The third-order valence-electron chi connectivity index (χ3n) is 2.84. The van der Waals surface area contributed by atoms with E-state index in [1.165, 1.54) is 12.1 Å². The van der Waals surface area contributed by atoms with E-state index in [1.807, 2.05) is 38.2 Å². The highest BCUT2D eigenvalue weighted by atomic mass is 19.1. The van der Waals surface area contributed by atoms with E-state index in [4.69, 9.17) is 4.74 Å². The van der Waals surface area contributed by atoms with E-state index in [2.05, 4.69) is 5.32 Å². The Bertz CT molecular complexity index is 523. The Hall–Kier alpha value is -2.03. The average molecular weight is 245 g/mol. The molecule has 0 unspecified atom stereocenters. The van der Waals surface area contributed by atoms with Crippen LogP contribution < -0.4 is 10.1 Å². The van der Waals surface area contributed by atoms with Gasteiger partial charge in [0.15, 0.2) is 0 Å². The molecule has 0 amide bonds. The lowest BCUT2D eigenvalue weighted by molar-refractivity contribution is 0.305. The first kappa shape index (κ1) is 12.4. The van der Waals surface area contributed by atoms with Gasteiger partial charge in [-0.05, 0) is 54.4 Å². The van der Waals surface area contributed by atoms with Gasteiger partial charge in [-0.1, -0.05) is 6.07 Å². The van der Waals surface area contributed by atoms with Gasteiger partial charge in [0.05, 0.1) is 0 Å². The number of hydrogen-bond donors (Lipinski definition) is 1. The first-order valence-electron chi connectivity index (χ1n) is 5.84. The second kappa shape index (κ2) is 5.54. The predicted molar refractivity (Wildman–Crippen MR) is 71.5 cm³/mol. The van der Waals surface area contributed by atoms with Gasteiger partial charge >= 0.3 is 0 Å². The molecule has 3 heteroatoms. The molecule has 2 rings (SSSR count). The molecule has 0 saturated heterocycles. The maximum atomic E-state index is 12.9. The number of rotatable bonds is 4. The van der Waals surface area contributed by atoms with Gasteiger partial charge in [0.1, 0.15) is 18.2 Å². The third kappa shape index (κ3) is 3.00. The van der Waals surface area contributed by atoms with Crippen LogP contribution in [0.3, 0.4) is 0 Å². The number of anilines is 1. The number of halogens is 1. The fourth-order valence-corrected chi connectivity index (χ4v) is 1.70. The molecule has 0 atom stereocenters. The van der Waals surface area contributed by atoms with Crippen molar-refractivity contribution in [3.63, 3.8) is 0 Å². The minimum atomic E-state index is -0.213. The summed E-state index contributed by atoms with van der Waals surface area (Å²) in [6.07, 6.45) is 0. The van der Waals surface area contributed by atoms with Crippen molar-refractivity contribution < 1.29 is 9.13 Å². The Morgan fingerprint density at radius 1 is 1.11 bits per heavy atom. The summed E-state index contributed by atoms with van der Waals surface area (Å²) in [5.41, 5.74) is 2.94. The van der Waals surface area contributed by atoms with Crippen molar-refractivity contribution in [3.8, 4) is 5.75 Å². The molecule has 0 saturated carbocycles. The molecule has 2 aromatic carbocycles. The second-order valence-electron chi connectivity index (χ2n) is 4.13. The summed E-state index contributed by atoms with van der Waals surface area (Å²) in [6, 6.07) is 12.4. The van der Waals surface area contributed by atoms with Crippen LogP contribution in [0, 0.1) is 12.7 Å². The fourth-order valence-electron chi connectivity index (χ4n) is 1.70. The lowest BCUT2D eigenvalue weighted by Gasteiger charge is -2.09. The predicted octanol–water partition coefficient (Wildman–Crippen LogP) is 3.75. The van der Waals surface area contributed by atoms with Gasteiger partial charge in [-0.2, -0.15) is 0 Å². The van der Waals surface area contributed by atoms with E-state index in [0.29, 0.717) is 6.61 Å². The minimum Gasteiger partial charge on any atom is -0.489 e. The van der Waals surface area contributed by atoms with Gasteiger partial charge in [-0.3, -0.25) is 0 Å². The molecule has 2 nitrogen and oxygen atoms in total. The van der Waals surface area contributed by atoms with Crippen molar-refractivity contribution >= 4 is 5.69 Å². The normalized spacial score (nSPS) is 10.2. The monoisotopic (exact) mass is 245 g/mol. The van der Waals surface area contributed by atoms with Crippen molar-refractivity contribution in [2.75, 3.05) is 12.4 Å². The van der Waals surface area contributed by atoms with Gasteiger partial charge in [-0.25, -0.2) is 4.39 Å². The molecule has 0 radical (unpaired) electrons. The molecule has 0 bridgehead atoms. The number of benzene rings is 2. The van der Waals surface area contributed by atoms with Gasteiger partial charge in [0.25, 0.3) is 0 Å². The van der Waals surface area contributed by atoms with Gasteiger partial charge < -0.3 is 10.1 Å². The first-order chi connectivity index (χ1) is 8.69. The second-order valence-corrected chi connectivity index (χ2v) is 4.13. The third-order valence-corrected chi connectivity index (χ3v) is 2.84. The van der Waals surface area contributed by atoms with Crippen LogP contribution in [0.1, 0.15) is 11.1 Å². The summed E-state index contributed by atoms with van der Waals surface area (Å²) in [5, 5.41) is 3.05. The van der Waals surface area contributed by atoms with E-state index in [9.17, 15) is 4.39 Å². The van der Waals surface area contributed by atoms with Crippen LogP contribution in [0.2, 0.25) is 0 Å². The molecule has 18 heavy (non-hydrogen) atoms. The highest BCUT2D eigenvalue weighted by molar-refractivity contribution is 5.45. The van der Waals surface area contributed by atoms with Crippen molar-refractivity contribution in [2.24, 2.45) is 0 Å². The van der Waals surface area contributed by atoms with E-state index in [1.54, 1.807) is 6.07 Å². The van der Waals surface area contributed by atoms with Crippen LogP contribution in [0.25, 0.3) is 0 Å². The van der Waals surface area contributed by atoms with Crippen LogP contribution >= 0.6 is 0 Å². The van der Waals surface area contributed by atoms with Gasteiger partial charge in [0.2, 0.25) is 0 Å².